The van der Waals surface area contributed by atoms with Gasteiger partial charge in [-0.3, -0.25) is 0 Å². The van der Waals surface area contributed by atoms with Crippen LogP contribution in [0.2, 0.25) is 0 Å². The van der Waals surface area contributed by atoms with Crippen LogP contribution < -0.4 is 5.32 Å². The zero-order valence-corrected chi connectivity index (χ0v) is 12.8. The van der Waals surface area contributed by atoms with Crippen molar-refractivity contribution in [3.63, 3.8) is 0 Å². The summed E-state index contributed by atoms with van der Waals surface area (Å²) in [7, 11) is 0. The van der Waals surface area contributed by atoms with E-state index in [4.69, 9.17) is 4.74 Å². The van der Waals surface area contributed by atoms with Crippen LogP contribution in [0.4, 0.5) is 5.69 Å². The van der Waals surface area contributed by atoms with E-state index < -0.39 is 5.54 Å². The maximum atomic E-state index is 11.9. The molecule has 0 unspecified atom stereocenters. The maximum Gasteiger partial charge on any atom is 0.331 e. The van der Waals surface area contributed by atoms with Crippen LogP contribution in [-0.4, -0.2) is 18.1 Å². The second-order valence-corrected chi connectivity index (χ2v) is 6.27. The molecule has 106 valence electrons. The number of rotatable bonds is 4. The number of carbonyl (C=O) groups excluding carboxylic acids is 1. The van der Waals surface area contributed by atoms with E-state index in [0.29, 0.717) is 6.61 Å². The van der Waals surface area contributed by atoms with Crippen molar-refractivity contribution < 1.29 is 9.53 Å². The molecule has 3 nitrogen and oxygen atoms in total. The molecule has 0 aliphatic carbocycles. The largest absolute Gasteiger partial charge is 0.464 e. The first-order valence-corrected chi connectivity index (χ1v) is 6.73. The molecule has 0 aliphatic heterocycles. The van der Waals surface area contributed by atoms with Crippen molar-refractivity contribution in [3.05, 3.63) is 29.8 Å². The van der Waals surface area contributed by atoms with Crippen LogP contribution in [0.15, 0.2) is 24.3 Å². The number of ether oxygens (including phenoxy) is 1. The molecule has 1 aromatic carbocycles. The van der Waals surface area contributed by atoms with E-state index in [0.717, 1.165) is 5.69 Å². The van der Waals surface area contributed by atoms with Gasteiger partial charge < -0.3 is 10.1 Å². The van der Waals surface area contributed by atoms with Crippen molar-refractivity contribution in [2.45, 2.75) is 52.5 Å². The first-order valence-electron chi connectivity index (χ1n) is 6.73. The molecule has 0 heterocycles. The Bertz CT molecular complexity index is 444. The number of nitrogens with one attached hydrogen (secondary N) is 1. The van der Waals surface area contributed by atoms with Crippen LogP contribution in [-0.2, 0) is 14.9 Å². The summed E-state index contributed by atoms with van der Waals surface area (Å²) in [6.45, 7) is 12.4. The third-order valence-corrected chi connectivity index (χ3v) is 2.97. The predicted octanol–water partition coefficient (Wildman–Crippen LogP) is 3.74. The lowest BCUT2D eigenvalue weighted by Gasteiger charge is -2.30. The van der Waals surface area contributed by atoms with E-state index in [1.807, 2.05) is 39.0 Å². The van der Waals surface area contributed by atoms with Crippen molar-refractivity contribution in [1.29, 1.82) is 0 Å². The number of carbonyl (C=O) groups is 1. The van der Waals surface area contributed by atoms with Gasteiger partial charge in [-0.15, -0.1) is 0 Å². The lowest BCUT2D eigenvalue weighted by Crippen LogP contribution is -2.42. The van der Waals surface area contributed by atoms with Gasteiger partial charge >= 0.3 is 5.97 Å². The Morgan fingerprint density at radius 2 is 1.74 bits per heavy atom. The minimum absolute atomic E-state index is 0.0222. The summed E-state index contributed by atoms with van der Waals surface area (Å²) in [5.41, 5.74) is 1.45. The lowest BCUT2D eigenvalue weighted by atomic mass is 9.85. The summed E-state index contributed by atoms with van der Waals surface area (Å²) in [6, 6.07) is 8.08. The van der Waals surface area contributed by atoms with Gasteiger partial charge in [0.25, 0.3) is 0 Å². The van der Waals surface area contributed by atoms with Gasteiger partial charge in [-0.1, -0.05) is 39.0 Å². The molecule has 0 saturated heterocycles. The average molecular weight is 263 g/mol. The summed E-state index contributed by atoms with van der Waals surface area (Å²) in [6.07, 6.45) is 0. The minimum Gasteiger partial charge on any atom is -0.464 e. The summed E-state index contributed by atoms with van der Waals surface area (Å²) in [4.78, 5) is 11.9. The minimum atomic E-state index is -0.739. The Hall–Kier alpha value is -1.51. The van der Waals surface area contributed by atoms with Crippen LogP contribution in [0.5, 0.6) is 0 Å². The van der Waals surface area contributed by atoms with Gasteiger partial charge in [0.2, 0.25) is 0 Å². The summed E-state index contributed by atoms with van der Waals surface area (Å²) in [5, 5.41) is 3.30. The second-order valence-electron chi connectivity index (χ2n) is 6.27. The number of hydrogen-bond acceptors (Lipinski definition) is 3. The standard InChI is InChI=1S/C16H25NO2/c1-7-19-14(18)16(5,6)17-13-11-9-8-10-12(13)15(2,3)4/h8-11,17H,7H2,1-6H3. The zero-order valence-electron chi connectivity index (χ0n) is 12.8. The van der Waals surface area contributed by atoms with E-state index in [9.17, 15) is 4.79 Å². The topological polar surface area (TPSA) is 38.3 Å². The Balaban J connectivity index is 3.03. The van der Waals surface area contributed by atoms with E-state index in [2.05, 4.69) is 32.2 Å². The Morgan fingerprint density at radius 1 is 1.16 bits per heavy atom. The fourth-order valence-corrected chi connectivity index (χ4v) is 1.95. The average Bonchev–Trinajstić information content (AvgIpc) is 2.28. The van der Waals surface area contributed by atoms with E-state index in [1.165, 1.54) is 5.56 Å². The fraction of sp³-hybridized carbons (Fsp3) is 0.562. The highest BCUT2D eigenvalue weighted by Gasteiger charge is 2.30. The normalized spacial score (nSPS) is 12.1. The lowest BCUT2D eigenvalue weighted by molar-refractivity contribution is -0.147. The highest BCUT2D eigenvalue weighted by molar-refractivity contribution is 5.84. The third-order valence-electron chi connectivity index (χ3n) is 2.97. The molecular weight excluding hydrogens is 238 g/mol. The molecule has 0 amide bonds. The van der Waals surface area contributed by atoms with Crippen LogP contribution in [0, 0.1) is 0 Å². The number of hydrogen-bond donors (Lipinski definition) is 1. The zero-order chi connectivity index (χ0) is 14.7. The second kappa shape index (κ2) is 5.64. The van der Waals surface area contributed by atoms with Crippen LogP contribution >= 0.6 is 0 Å². The molecule has 19 heavy (non-hydrogen) atoms. The van der Waals surface area contributed by atoms with Crippen molar-refractivity contribution >= 4 is 11.7 Å². The van der Waals surface area contributed by atoms with Gasteiger partial charge in [-0.25, -0.2) is 4.79 Å². The Labute approximate surface area is 116 Å². The summed E-state index contributed by atoms with van der Waals surface area (Å²) >= 11 is 0. The highest BCUT2D eigenvalue weighted by Crippen LogP contribution is 2.31. The fourth-order valence-electron chi connectivity index (χ4n) is 1.95. The third kappa shape index (κ3) is 3.98. The van der Waals surface area contributed by atoms with Crippen molar-refractivity contribution in [3.8, 4) is 0 Å². The number of anilines is 1. The van der Waals surface area contributed by atoms with E-state index >= 15 is 0 Å². The molecule has 1 aromatic rings. The van der Waals surface area contributed by atoms with Gasteiger partial charge in [-0.2, -0.15) is 0 Å². The van der Waals surface area contributed by atoms with E-state index in [1.54, 1.807) is 0 Å². The molecule has 0 fully saturated rings. The predicted molar refractivity (Wildman–Crippen MR) is 79.5 cm³/mol. The molecule has 1 N–H and O–H groups in total. The maximum absolute atomic E-state index is 11.9. The molecular formula is C16H25NO2. The highest BCUT2D eigenvalue weighted by atomic mass is 16.5. The van der Waals surface area contributed by atoms with Crippen molar-refractivity contribution in [2.24, 2.45) is 0 Å². The molecule has 0 aliphatic rings. The molecule has 0 atom stereocenters. The summed E-state index contributed by atoms with van der Waals surface area (Å²) < 4.78 is 5.10. The van der Waals surface area contributed by atoms with Crippen molar-refractivity contribution in [1.82, 2.24) is 0 Å². The molecule has 0 saturated carbocycles. The smallest absolute Gasteiger partial charge is 0.331 e. The molecule has 1 rings (SSSR count). The van der Waals surface area contributed by atoms with Crippen molar-refractivity contribution in [2.75, 3.05) is 11.9 Å². The van der Waals surface area contributed by atoms with Gasteiger partial charge in [0.15, 0.2) is 0 Å². The van der Waals surface area contributed by atoms with Gasteiger partial charge in [0, 0.05) is 5.69 Å². The monoisotopic (exact) mass is 263 g/mol. The number of benzene rings is 1. The molecule has 3 heteroatoms. The van der Waals surface area contributed by atoms with E-state index in [-0.39, 0.29) is 11.4 Å². The molecule has 0 bridgehead atoms. The Morgan fingerprint density at radius 3 is 2.26 bits per heavy atom. The quantitative estimate of drug-likeness (QED) is 0.841. The van der Waals surface area contributed by atoms with Gasteiger partial charge in [0.1, 0.15) is 5.54 Å². The summed E-state index contributed by atoms with van der Waals surface area (Å²) in [5.74, 6) is -0.237. The first-order chi connectivity index (χ1) is 8.68. The van der Waals surface area contributed by atoms with Crippen LogP contribution in [0.1, 0.15) is 47.1 Å². The van der Waals surface area contributed by atoms with Crippen LogP contribution in [0.25, 0.3) is 0 Å². The molecule has 0 spiro atoms. The number of esters is 1. The molecule has 0 aromatic heterocycles. The van der Waals surface area contributed by atoms with Gasteiger partial charge in [-0.05, 0) is 37.8 Å². The SMILES string of the molecule is CCOC(=O)C(C)(C)Nc1ccccc1C(C)(C)C. The number of para-hydroxylation sites is 1. The Kier molecular flexibility index (Phi) is 4.61. The first kappa shape index (κ1) is 15.5. The van der Waals surface area contributed by atoms with Crippen LogP contribution in [0.3, 0.4) is 0 Å². The molecule has 0 radical (unpaired) electrons. The van der Waals surface area contributed by atoms with Gasteiger partial charge in [0.05, 0.1) is 6.61 Å².